The predicted molar refractivity (Wildman–Crippen MR) is 114 cm³/mol. The molecule has 1 aliphatic carbocycles. The van der Waals surface area contributed by atoms with E-state index in [0.717, 1.165) is 49.3 Å². The van der Waals surface area contributed by atoms with E-state index in [2.05, 4.69) is 41.4 Å². The number of rotatable bonds is 2. The number of thiocarbonyl (C=S) groups is 1. The number of nitrogens with zero attached hydrogens (tertiary/aromatic N) is 1. The maximum absolute atomic E-state index is 12.5. The number of thiophene rings is 1. The fraction of sp³-hybridized carbons (Fsp3) is 0.429. The van der Waals surface area contributed by atoms with Crippen molar-refractivity contribution >= 4 is 39.6 Å². The van der Waals surface area contributed by atoms with Crippen LogP contribution >= 0.6 is 23.6 Å². The fourth-order valence-corrected chi connectivity index (χ4v) is 5.72. The summed E-state index contributed by atoms with van der Waals surface area (Å²) in [6.07, 6.45) is 4.05. The minimum atomic E-state index is -0.267. The van der Waals surface area contributed by atoms with Crippen LogP contribution < -0.4 is 5.32 Å². The van der Waals surface area contributed by atoms with Gasteiger partial charge in [-0.05, 0) is 60.5 Å². The van der Waals surface area contributed by atoms with Crippen LogP contribution in [0.4, 0.5) is 5.00 Å². The van der Waals surface area contributed by atoms with Crippen LogP contribution in [-0.2, 0) is 30.5 Å². The molecule has 1 aromatic carbocycles. The number of carbonyl (C=O) groups excluding carboxylic acids is 1. The van der Waals surface area contributed by atoms with Gasteiger partial charge in [0.05, 0.1) is 12.7 Å². The number of nitrogens with one attached hydrogen (secondary N) is 1. The van der Waals surface area contributed by atoms with E-state index >= 15 is 0 Å². The third-order valence-corrected chi connectivity index (χ3v) is 7.07. The minimum Gasteiger partial charge on any atom is -0.465 e. The summed E-state index contributed by atoms with van der Waals surface area (Å²) in [7, 11) is 1.45. The molecule has 0 fully saturated rings. The topological polar surface area (TPSA) is 41.6 Å². The third-order valence-electron chi connectivity index (χ3n) is 5.54. The summed E-state index contributed by atoms with van der Waals surface area (Å²) >= 11 is 7.36. The van der Waals surface area contributed by atoms with Crippen LogP contribution in [0.5, 0.6) is 0 Å². The van der Waals surface area contributed by atoms with E-state index in [1.165, 1.54) is 23.1 Å². The second-order valence-corrected chi connectivity index (χ2v) is 8.91. The summed E-state index contributed by atoms with van der Waals surface area (Å²) in [6.45, 7) is 3.96. The van der Waals surface area contributed by atoms with Crippen LogP contribution in [0.3, 0.4) is 0 Å². The van der Waals surface area contributed by atoms with E-state index < -0.39 is 0 Å². The van der Waals surface area contributed by atoms with Gasteiger partial charge in [0, 0.05) is 18.0 Å². The standard InChI is InChI=1S/C21H24N2O2S2/c1-13-7-8-16-17(11-13)27-19(18(16)20(24)25-2)22-21(26)23-10-9-14-5-3-4-6-15(14)12-23/h3-6,13H,7-12H2,1-2H3,(H,22,26). The van der Waals surface area contributed by atoms with E-state index in [9.17, 15) is 4.79 Å². The lowest BCUT2D eigenvalue weighted by atomic mass is 9.88. The number of hydrogen-bond donors (Lipinski definition) is 1. The highest BCUT2D eigenvalue weighted by atomic mass is 32.1. The summed E-state index contributed by atoms with van der Waals surface area (Å²) in [5.41, 5.74) is 4.55. The minimum absolute atomic E-state index is 0.267. The molecule has 27 heavy (non-hydrogen) atoms. The van der Waals surface area contributed by atoms with E-state index in [1.54, 1.807) is 11.3 Å². The van der Waals surface area contributed by atoms with Gasteiger partial charge in [-0.2, -0.15) is 0 Å². The van der Waals surface area contributed by atoms with Crippen molar-refractivity contribution in [2.45, 2.75) is 39.2 Å². The van der Waals surface area contributed by atoms with E-state index in [4.69, 9.17) is 17.0 Å². The largest absolute Gasteiger partial charge is 0.465 e. The molecule has 0 bridgehead atoms. The number of benzene rings is 1. The van der Waals surface area contributed by atoms with Crippen molar-refractivity contribution in [3.8, 4) is 0 Å². The van der Waals surface area contributed by atoms with Crippen LogP contribution in [0.2, 0.25) is 0 Å². The number of fused-ring (bicyclic) bond motifs is 2. The van der Waals surface area contributed by atoms with Gasteiger partial charge < -0.3 is 15.0 Å². The van der Waals surface area contributed by atoms with Gasteiger partial charge in [0.2, 0.25) is 0 Å². The second kappa shape index (κ2) is 7.60. The van der Waals surface area contributed by atoms with Crippen LogP contribution in [0.15, 0.2) is 24.3 Å². The van der Waals surface area contributed by atoms with Crippen molar-refractivity contribution in [3.63, 3.8) is 0 Å². The van der Waals surface area contributed by atoms with Gasteiger partial charge in [0.15, 0.2) is 5.11 Å². The van der Waals surface area contributed by atoms with Gasteiger partial charge in [-0.15, -0.1) is 11.3 Å². The Labute approximate surface area is 169 Å². The Morgan fingerprint density at radius 2 is 2.07 bits per heavy atom. The number of ether oxygens (including phenoxy) is 1. The molecule has 1 atom stereocenters. The fourth-order valence-electron chi connectivity index (χ4n) is 4.00. The van der Waals surface area contributed by atoms with Gasteiger partial charge >= 0.3 is 5.97 Å². The highest BCUT2D eigenvalue weighted by Gasteiger charge is 2.29. The first-order valence-corrected chi connectivity index (χ1v) is 10.6. The molecule has 4 rings (SSSR count). The van der Waals surface area contributed by atoms with E-state index in [-0.39, 0.29) is 5.97 Å². The van der Waals surface area contributed by atoms with Gasteiger partial charge in [0.25, 0.3) is 0 Å². The first-order chi connectivity index (χ1) is 13.1. The quantitative estimate of drug-likeness (QED) is 0.597. The highest BCUT2D eigenvalue weighted by molar-refractivity contribution is 7.80. The van der Waals surface area contributed by atoms with Crippen molar-refractivity contribution in [2.75, 3.05) is 19.0 Å². The second-order valence-electron chi connectivity index (χ2n) is 7.42. The Morgan fingerprint density at radius 3 is 2.85 bits per heavy atom. The first kappa shape index (κ1) is 18.4. The number of anilines is 1. The van der Waals surface area contributed by atoms with Crippen molar-refractivity contribution in [1.82, 2.24) is 4.90 Å². The zero-order valence-corrected chi connectivity index (χ0v) is 17.3. The molecule has 4 nitrogen and oxygen atoms in total. The highest BCUT2D eigenvalue weighted by Crippen LogP contribution is 2.40. The summed E-state index contributed by atoms with van der Waals surface area (Å²) in [5.74, 6) is 0.386. The van der Waals surface area contributed by atoms with Crippen LogP contribution in [-0.4, -0.2) is 29.6 Å². The molecular weight excluding hydrogens is 376 g/mol. The Morgan fingerprint density at radius 1 is 1.30 bits per heavy atom. The molecular formula is C21H24N2O2S2. The average Bonchev–Trinajstić information content (AvgIpc) is 3.03. The number of hydrogen-bond acceptors (Lipinski definition) is 4. The summed E-state index contributed by atoms with van der Waals surface area (Å²) in [5, 5.41) is 4.89. The number of methoxy groups -OCH3 is 1. The van der Waals surface area contributed by atoms with Crippen molar-refractivity contribution in [1.29, 1.82) is 0 Å². The summed E-state index contributed by atoms with van der Waals surface area (Å²) in [4.78, 5) is 15.9. The lowest BCUT2D eigenvalue weighted by Crippen LogP contribution is -2.38. The molecule has 2 aliphatic rings. The molecule has 6 heteroatoms. The first-order valence-electron chi connectivity index (χ1n) is 9.42. The molecule has 142 valence electrons. The summed E-state index contributed by atoms with van der Waals surface area (Å²) < 4.78 is 5.07. The van der Waals surface area contributed by atoms with Crippen molar-refractivity contribution in [2.24, 2.45) is 5.92 Å². The Hall–Kier alpha value is -1.92. The van der Waals surface area contributed by atoms with Gasteiger partial charge in [0.1, 0.15) is 5.00 Å². The molecule has 2 aromatic rings. The molecule has 0 spiro atoms. The Balaban J connectivity index is 1.57. The normalized spacial score (nSPS) is 18.4. The zero-order valence-electron chi connectivity index (χ0n) is 15.7. The molecule has 1 N–H and O–H groups in total. The molecule has 0 radical (unpaired) electrons. The van der Waals surface area contributed by atoms with Crippen LogP contribution in [0, 0.1) is 5.92 Å². The molecule has 1 aliphatic heterocycles. The Kier molecular flexibility index (Phi) is 5.19. The molecule has 1 aromatic heterocycles. The maximum atomic E-state index is 12.5. The van der Waals surface area contributed by atoms with Crippen molar-refractivity contribution in [3.05, 3.63) is 51.4 Å². The molecule has 2 heterocycles. The number of carbonyl (C=O) groups is 1. The Bertz CT molecular complexity index is 890. The van der Waals surface area contributed by atoms with Gasteiger partial charge in [-0.25, -0.2) is 4.79 Å². The molecule has 1 unspecified atom stereocenters. The predicted octanol–water partition coefficient (Wildman–Crippen LogP) is 4.41. The maximum Gasteiger partial charge on any atom is 0.341 e. The van der Waals surface area contributed by atoms with Crippen LogP contribution in [0.1, 0.15) is 45.3 Å². The van der Waals surface area contributed by atoms with Crippen LogP contribution in [0.25, 0.3) is 0 Å². The zero-order chi connectivity index (χ0) is 19.0. The lowest BCUT2D eigenvalue weighted by Gasteiger charge is -2.31. The van der Waals surface area contributed by atoms with Gasteiger partial charge in [-0.1, -0.05) is 31.2 Å². The number of esters is 1. The lowest BCUT2D eigenvalue weighted by molar-refractivity contribution is 0.0601. The van der Waals surface area contributed by atoms with E-state index in [0.29, 0.717) is 16.6 Å². The molecule has 0 saturated heterocycles. The smallest absolute Gasteiger partial charge is 0.341 e. The third kappa shape index (κ3) is 3.60. The monoisotopic (exact) mass is 400 g/mol. The van der Waals surface area contributed by atoms with Crippen molar-refractivity contribution < 1.29 is 9.53 Å². The molecule has 0 saturated carbocycles. The molecule has 0 amide bonds. The van der Waals surface area contributed by atoms with Gasteiger partial charge in [-0.3, -0.25) is 0 Å². The average molecular weight is 401 g/mol. The summed E-state index contributed by atoms with van der Waals surface area (Å²) in [6, 6.07) is 8.51. The SMILES string of the molecule is COC(=O)c1c(NC(=S)N2CCc3ccccc3C2)sc2c1CCC(C)C2. The van der Waals surface area contributed by atoms with E-state index in [1.807, 2.05) is 0 Å².